The highest BCUT2D eigenvalue weighted by Gasteiger charge is 2.43. The number of benzene rings is 1. The van der Waals surface area contributed by atoms with Gasteiger partial charge in [0.2, 0.25) is 0 Å². The maximum absolute atomic E-state index is 10.7. The molecule has 1 N–H and O–H groups in total. The Kier molecular flexibility index (Phi) is 4.78. The summed E-state index contributed by atoms with van der Waals surface area (Å²) in [6.45, 7) is 1.13. The van der Waals surface area contributed by atoms with Gasteiger partial charge in [0.15, 0.2) is 11.8 Å². The number of imidazole rings is 1. The standard InChI is InChI=1S/C18H16ClN3O6S/c19-11-7-12-17(21-15(11)9-1-3-10(4-2-9)28-29(23)24)22-18(20-12)27-14-8-26-13-5-6-25-16(13)14/h1-4,7,13-14,16,29H,5-6,8H2,(H,20,21,22)/t13-,14-,16+/m1/s1. The van der Waals surface area contributed by atoms with E-state index in [4.69, 9.17) is 25.8 Å². The summed E-state index contributed by atoms with van der Waals surface area (Å²) in [5.74, 6) is 0.212. The third kappa shape index (κ3) is 3.64. The Balaban J connectivity index is 1.40. The topological polar surface area (TPSA) is 113 Å². The molecule has 2 fully saturated rings. The van der Waals surface area contributed by atoms with Gasteiger partial charge in [-0.2, -0.15) is 13.4 Å². The largest absolute Gasteiger partial charge is 0.456 e. The van der Waals surface area contributed by atoms with Crippen molar-refractivity contribution in [1.82, 2.24) is 15.0 Å². The van der Waals surface area contributed by atoms with Crippen LogP contribution in [-0.4, -0.2) is 54.9 Å². The number of H-pyrrole nitrogens is 1. The molecule has 3 atom stereocenters. The molecular formula is C18H16ClN3O6S. The molecule has 1 aromatic carbocycles. The highest BCUT2D eigenvalue weighted by molar-refractivity contribution is 7.67. The van der Waals surface area contributed by atoms with E-state index in [9.17, 15) is 8.42 Å². The third-order valence-corrected chi connectivity index (χ3v) is 5.54. The van der Waals surface area contributed by atoms with Crippen molar-refractivity contribution in [2.75, 3.05) is 13.2 Å². The van der Waals surface area contributed by atoms with Crippen molar-refractivity contribution < 1.29 is 26.8 Å². The van der Waals surface area contributed by atoms with Crippen LogP contribution in [0.5, 0.6) is 11.8 Å². The third-order valence-electron chi connectivity index (χ3n) is 4.90. The number of rotatable bonds is 5. The fourth-order valence-corrected chi connectivity index (χ4v) is 4.14. The SMILES string of the molecule is O=[SH](=O)Oc1ccc(-c2nc3nc(O[C@@H]4CO[C@@H]5CCO[C@@H]54)[nH]c3cc2Cl)cc1. The Morgan fingerprint density at radius 2 is 2.00 bits per heavy atom. The van der Waals surface area contributed by atoms with Crippen LogP contribution >= 0.6 is 11.6 Å². The van der Waals surface area contributed by atoms with Crippen molar-refractivity contribution in [3.63, 3.8) is 0 Å². The molecule has 9 nitrogen and oxygen atoms in total. The average Bonchev–Trinajstić information content (AvgIpc) is 3.38. The first-order valence-corrected chi connectivity index (χ1v) is 10.4. The summed E-state index contributed by atoms with van der Waals surface area (Å²) in [4.78, 5) is 12.0. The van der Waals surface area contributed by atoms with Gasteiger partial charge in [-0.1, -0.05) is 11.6 Å². The van der Waals surface area contributed by atoms with Crippen LogP contribution in [0.4, 0.5) is 0 Å². The zero-order chi connectivity index (χ0) is 20.0. The maximum Gasteiger partial charge on any atom is 0.299 e. The summed E-state index contributed by atoms with van der Waals surface area (Å²) in [6, 6.07) is 8.45. The predicted molar refractivity (Wildman–Crippen MR) is 104 cm³/mol. The Morgan fingerprint density at radius 3 is 2.79 bits per heavy atom. The molecule has 0 saturated carbocycles. The molecule has 11 heteroatoms. The minimum atomic E-state index is -2.96. The molecule has 0 unspecified atom stereocenters. The van der Waals surface area contributed by atoms with Crippen LogP contribution in [0.3, 0.4) is 0 Å². The van der Waals surface area contributed by atoms with Gasteiger partial charge in [0.05, 0.1) is 28.9 Å². The summed E-state index contributed by atoms with van der Waals surface area (Å²) in [7, 11) is -2.96. The van der Waals surface area contributed by atoms with Crippen molar-refractivity contribution >= 4 is 33.7 Å². The molecule has 2 aliphatic heterocycles. The number of halogens is 1. The number of hydrogen-bond donors (Lipinski definition) is 2. The van der Waals surface area contributed by atoms with E-state index in [2.05, 4.69) is 19.1 Å². The molecule has 5 rings (SSSR count). The fourth-order valence-electron chi connectivity index (χ4n) is 3.59. The highest BCUT2D eigenvalue weighted by atomic mass is 35.5. The molecule has 2 aromatic heterocycles. The summed E-state index contributed by atoms with van der Waals surface area (Å²) in [5.41, 5.74) is 2.30. The number of thiol groups is 1. The van der Waals surface area contributed by atoms with Crippen molar-refractivity contribution in [2.45, 2.75) is 24.7 Å². The van der Waals surface area contributed by atoms with E-state index >= 15 is 0 Å². The molecule has 0 amide bonds. The zero-order valence-corrected chi connectivity index (χ0v) is 16.6. The van der Waals surface area contributed by atoms with Crippen LogP contribution in [0, 0.1) is 0 Å². The molecule has 0 radical (unpaired) electrons. The van der Waals surface area contributed by atoms with E-state index in [1.807, 2.05) is 0 Å². The first-order valence-electron chi connectivity index (χ1n) is 8.96. The lowest BCUT2D eigenvalue weighted by Crippen LogP contribution is -2.32. The highest BCUT2D eigenvalue weighted by Crippen LogP contribution is 2.32. The summed E-state index contributed by atoms with van der Waals surface area (Å²) in [5, 5.41) is 0.416. The second-order valence-electron chi connectivity index (χ2n) is 6.72. The maximum atomic E-state index is 10.7. The van der Waals surface area contributed by atoms with Crippen molar-refractivity contribution in [3.05, 3.63) is 35.4 Å². The van der Waals surface area contributed by atoms with Gasteiger partial charge in [-0.05, 0) is 36.8 Å². The Labute approximate surface area is 172 Å². The second-order valence-corrected chi connectivity index (χ2v) is 7.76. The quantitative estimate of drug-likeness (QED) is 0.583. The number of aromatic amines is 1. The van der Waals surface area contributed by atoms with E-state index in [0.717, 1.165) is 6.42 Å². The van der Waals surface area contributed by atoms with E-state index in [1.54, 1.807) is 18.2 Å². The lowest BCUT2D eigenvalue weighted by Gasteiger charge is -2.15. The molecule has 4 heterocycles. The number of pyridine rings is 1. The molecule has 0 aliphatic carbocycles. The van der Waals surface area contributed by atoms with Gasteiger partial charge >= 0.3 is 0 Å². The van der Waals surface area contributed by atoms with E-state index < -0.39 is 11.0 Å². The molecule has 0 spiro atoms. The number of aromatic nitrogens is 3. The average molecular weight is 438 g/mol. The Hall–Kier alpha value is -2.40. The molecule has 3 aromatic rings. The Morgan fingerprint density at radius 1 is 1.17 bits per heavy atom. The lowest BCUT2D eigenvalue weighted by atomic mass is 10.1. The minimum absolute atomic E-state index is 0.0789. The molecule has 0 bridgehead atoms. The molecule has 2 aliphatic rings. The van der Waals surface area contributed by atoms with Crippen LogP contribution in [-0.2, 0) is 20.5 Å². The summed E-state index contributed by atoms with van der Waals surface area (Å²) < 4.78 is 43.3. The van der Waals surface area contributed by atoms with Gasteiger partial charge in [-0.15, -0.1) is 0 Å². The molecule has 152 valence electrons. The molecular weight excluding hydrogens is 422 g/mol. The van der Waals surface area contributed by atoms with E-state index in [0.29, 0.717) is 46.7 Å². The predicted octanol–water partition coefficient (Wildman–Crippen LogP) is 2.12. The number of nitrogens with zero attached hydrogens (tertiary/aromatic N) is 2. The first kappa shape index (κ1) is 18.6. The van der Waals surface area contributed by atoms with Gasteiger partial charge in [0.1, 0.15) is 11.9 Å². The van der Waals surface area contributed by atoms with E-state index in [1.165, 1.54) is 12.1 Å². The number of nitrogens with one attached hydrogen (secondary N) is 1. The number of ether oxygens (including phenoxy) is 3. The monoisotopic (exact) mass is 437 g/mol. The number of hydrogen-bond acceptors (Lipinski definition) is 8. The van der Waals surface area contributed by atoms with Crippen LogP contribution in [0.1, 0.15) is 6.42 Å². The van der Waals surface area contributed by atoms with Crippen molar-refractivity contribution in [2.24, 2.45) is 0 Å². The zero-order valence-electron chi connectivity index (χ0n) is 14.9. The Bertz CT molecular complexity index is 1120. The van der Waals surface area contributed by atoms with Crippen LogP contribution < -0.4 is 8.92 Å². The van der Waals surface area contributed by atoms with Gasteiger partial charge < -0.3 is 23.4 Å². The van der Waals surface area contributed by atoms with Crippen LogP contribution in [0.2, 0.25) is 5.02 Å². The van der Waals surface area contributed by atoms with Crippen molar-refractivity contribution in [3.8, 4) is 23.0 Å². The van der Waals surface area contributed by atoms with Gasteiger partial charge in [0.25, 0.3) is 17.0 Å². The minimum Gasteiger partial charge on any atom is -0.456 e. The van der Waals surface area contributed by atoms with E-state index in [-0.39, 0.29) is 24.1 Å². The van der Waals surface area contributed by atoms with Gasteiger partial charge in [-0.25, -0.2) is 4.98 Å². The second kappa shape index (κ2) is 7.45. The smallest absolute Gasteiger partial charge is 0.299 e. The summed E-state index contributed by atoms with van der Waals surface area (Å²) >= 11 is 6.40. The molecule has 2 saturated heterocycles. The first-order chi connectivity index (χ1) is 14.1. The van der Waals surface area contributed by atoms with Crippen LogP contribution in [0.15, 0.2) is 30.3 Å². The summed E-state index contributed by atoms with van der Waals surface area (Å²) in [6.07, 6.45) is 0.647. The van der Waals surface area contributed by atoms with Crippen molar-refractivity contribution in [1.29, 1.82) is 0 Å². The fraction of sp³-hybridized carbons (Fsp3) is 0.333. The van der Waals surface area contributed by atoms with Gasteiger partial charge in [0, 0.05) is 12.2 Å². The molecule has 29 heavy (non-hydrogen) atoms. The van der Waals surface area contributed by atoms with Crippen LogP contribution in [0.25, 0.3) is 22.4 Å². The van der Waals surface area contributed by atoms with Gasteiger partial charge in [-0.3, -0.25) is 0 Å². The normalized spacial score (nSPS) is 23.6. The number of fused-ring (bicyclic) bond motifs is 2. The lowest BCUT2D eigenvalue weighted by molar-refractivity contribution is 0.0273.